The molecule has 1 aliphatic rings. The highest BCUT2D eigenvalue weighted by Gasteiger charge is 2.37. The standard InChI is InChI=1S/C24H27F3N8O2/c1-13-29-17-6-5-16(30-21(17)34(13)12-20(26)27)14-7-8-35-19(14)9-28-22(32-35)31-18-11-33(10-15(18)25)23(36)37-24(2,3)4/h5-9,15,18,20H,10-12H2,1-4H3,(H,31,32)/t15-,18+/m1/s1. The van der Waals surface area contributed by atoms with E-state index < -0.39 is 36.9 Å². The Kier molecular flexibility index (Phi) is 6.16. The van der Waals surface area contributed by atoms with Gasteiger partial charge in [-0.1, -0.05) is 0 Å². The molecule has 0 radical (unpaired) electrons. The van der Waals surface area contributed by atoms with Gasteiger partial charge in [-0.05, 0) is 45.9 Å². The number of aryl methyl sites for hydroxylation is 1. The smallest absolute Gasteiger partial charge is 0.410 e. The summed E-state index contributed by atoms with van der Waals surface area (Å²) in [6.07, 6.45) is -1.13. The van der Waals surface area contributed by atoms with Crippen molar-refractivity contribution in [2.45, 2.75) is 58.5 Å². The molecule has 196 valence electrons. The van der Waals surface area contributed by atoms with E-state index in [1.54, 1.807) is 62.8 Å². The van der Waals surface area contributed by atoms with Crippen LogP contribution in [0.4, 0.5) is 23.9 Å². The Bertz CT molecular complexity index is 1460. The van der Waals surface area contributed by atoms with Crippen molar-refractivity contribution in [2.24, 2.45) is 0 Å². The third-order valence-electron chi connectivity index (χ3n) is 6.01. The zero-order chi connectivity index (χ0) is 26.5. The number of hydrogen-bond donors (Lipinski definition) is 1. The molecule has 13 heteroatoms. The van der Waals surface area contributed by atoms with E-state index in [1.165, 1.54) is 9.47 Å². The fourth-order valence-electron chi connectivity index (χ4n) is 4.35. The van der Waals surface area contributed by atoms with Gasteiger partial charge >= 0.3 is 6.09 Å². The number of nitrogens with one attached hydrogen (secondary N) is 1. The highest BCUT2D eigenvalue weighted by molar-refractivity contribution is 5.82. The lowest BCUT2D eigenvalue weighted by molar-refractivity contribution is 0.0283. The number of hydrogen-bond acceptors (Lipinski definition) is 7. The molecule has 1 saturated heterocycles. The largest absolute Gasteiger partial charge is 0.444 e. The number of alkyl halides is 3. The number of amides is 1. The molecular formula is C24H27F3N8O2. The topological polar surface area (TPSA) is 102 Å². The number of carbonyl (C=O) groups excluding carboxylic acids is 1. The van der Waals surface area contributed by atoms with Crippen molar-refractivity contribution in [1.29, 1.82) is 0 Å². The van der Waals surface area contributed by atoms with E-state index in [9.17, 15) is 18.0 Å². The molecule has 4 aromatic rings. The van der Waals surface area contributed by atoms with Crippen LogP contribution in [0, 0.1) is 6.92 Å². The van der Waals surface area contributed by atoms with Gasteiger partial charge in [0.15, 0.2) is 5.65 Å². The molecule has 10 nitrogen and oxygen atoms in total. The lowest BCUT2D eigenvalue weighted by atomic mass is 10.2. The van der Waals surface area contributed by atoms with Crippen molar-refractivity contribution in [2.75, 3.05) is 18.4 Å². The number of carbonyl (C=O) groups is 1. The Labute approximate surface area is 210 Å². The van der Waals surface area contributed by atoms with Gasteiger partial charge in [0, 0.05) is 18.3 Å². The SMILES string of the molecule is Cc1nc2ccc(-c3ccn4nc(N[C@H]5CN(C(=O)OC(C)(C)C)C[C@H]5F)ncc34)nc2n1CC(F)F. The number of ether oxygens (including phenoxy) is 1. The summed E-state index contributed by atoms with van der Waals surface area (Å²) in [5.74, 6) is 0.659. The first-order valence-corrected chi connectivity index (χ1v) is 11.8. The summed E-state index contributed by atoms with van der Waals surface area (Å²) in [6, 6.07) is 4.61. The van der Waals surface area contributed by atoms with Gasteiger partial charge in [0.25, 0.3) is 6.43 Å². The molecule has 0 spiro atoms. The maximum absolute atomic E-state index is 14.7. The zero-order valence-corrected chi connectivity index (χ0v) is 20.8. The Morgan fingerprint density at radius 2 is 2.00 bits per heavy atom. The minimum Gasteiger partial charge on any atom is -0.444 e. The lowest BCUT2D eigenvalue weighted by Gasteiger charge is -2.24. The zero-order valence-electron chi connectivity index (χ0n) is 20.8. The molecule has 1 N–H and O–H groups in total. The summed E-state index contributed by atoms with van der Waals surface area (Å²) >= 11 is 0. The molecule has 0 aliphatic carbocycles. The third-order valence-corrected chi connectivity index (χ3v) is 6.01. The molecule has 1 aliphatic heterocycles. The van der Waals surface area contributed by atoms with Crippen LogP contribution in [0.15, 0.2) is 30.6 Å². The fourth-order valence-corrected chi connectivity index (χ4v) is 4.35. The van der Waals surface area contributed by atoms with Gasteiger partial charge in [-0.3, -0.25) is 0 Å². The van der Waals surface area contributed by atoms with Crippen molar-refractivity contribution in [3.63, 3.8) is 0 Å². The summed E-state index contributed by atoms with van der Waals surface area (Å²) in [4.78, 5) is 26.9. The van der Waals surface area contributed by atoms with Crippen molar-refractivity contribution in [1.82, 2.24) is 34.0 Å². The minimum absolute atomic E-state index is 0.0851. The molecule has 0 unspecified atom stereocenters. The second kappa shape index (κ2) is 9.20. The molecule has 1 fully saturated rings. The number of halogens is 3. The average Bonchev–Trinajstić information content (AvgIpc) is 3.48. The number of anilines is 1. The predicted octanol–water partition coefficient (Wildman–Crippen LogP) is 4.08. The van der Waals surface area contributed by atoms with Crippen molar-refractivity contribution >= 4 is 28.7 Å². The summed E-state index contributed by atoms with van der Waals surface area (Å²) in [7, 11) is 0. The molecule has 4 aromatic heterocycles. The molecule has 0 aromatic carbocycles. The van der Waals surface area contributed by atoms with E-state index in [4.69, 9.17) is 4.74 Å². The van der Waals surface area contributed by atoms with E-state index in [0.29, 0.717) is 33.8 Å². The highest BCUT2D eigenvalue weighted by Crippen LogP contribution is 2.27. The van der Waals surface area contributed by atoms with Gasteiger partial charge in [-0.25, -0.2) is 37.4 Å². The van der Waals surface area contributed by atoms with Gasteiger partial charge < -0.3 is 19.5 Å². The fraction of sp³-hybridized carbons (Fsp3) is 0.458. The first kappa shape index (κ1) is 24.8. The van der Waals surface area contributed by atoms with Crippen LogP contribution in [0.2, 0.25) is 0 Å². The van der Waals surface area contributed by atoms with E-state index in [-0.39, 0.29) is 19.0 Å². The van der Waals surface area contributed by atoms with E-state index in [2.05, 4.69) is 25.4 Å². The summed E-state index contributed by atoms with van der Waals surface area (Å²) in [5, 5.41) is 7.39. The molecule has 1 amide bonds. The van der Waals surface area contributed by atoms with Gasteiger partial charge in [0.2, 0.25) is 5.95 Å². The molecule has 37 heavy (non-hydrogen) atoms. The highest BCUT2D eigenvalue weighted by atomic mass is 19.3. The molecule has 0 saturated carbocycles. The van der Waals surface area contributed by atoms with E-state index >= 15 is 0 Å². The Morgan fingerprint density at radius 1 is 1.22 bits per heavy atom. The van der Waals surface area contributed by atoms with Crippen LogP contribution < -0.4 is 5.32 Å². The first-order chi connectivity index (χ1) is 17.5. The number of rotatable bonds is 5. The molecule has 5 rings (SSSR count). The van der Waals surface area contributed by atoms with Crippen LogP contribution >= 0.6 is 0 Å². The van der Waals surface area contributed by atoms with Gasteiger partial charge in [-0.15, -0.1) is 5.10 Å². The average molecular weight is 517 g/mol. The molecular weight excluding hydrogens is 489 g/mol. The normalized spacial score (nSPS) is 18.3. The number of pyridine rings is 1. The van der Waals surface area contributed by atoms with Crippen molar-refractivity contribution in [3.8, 4) is 11.3 Å². The van der Waals surface area contributed by atoms with Crippen LogP contribution in [0.5, 0.6) is 0 Å². The first-order valence-electron chi connectivity index (χ1n) is 11.8. The van der Waals surface area contributed by atoms with Crippen molar-refractivity contribution < 1.29 is 22.7 Å². The number of fused-ring (bicyclic) bond motifs is 2. The Balaban J connectivity index is 1.36. The number of nitrogens with zero attached hydrogens (tertiary/aromatic N) is 7. The maximum atomic E-state index is 14.7. The van der Waals surface area contributed by atoms with Gasteiger partial charge in [0.1, 0.15) is 23.1 Å². The second-order valence-corrected chi connectivity index (χ2v) is 9.99. The maximum Gasteiger partial charge on any atom is 0.410 e. The second-order valence-electron chi connectivity index (χ2n) is 9.99. The minimum atomic E-state index is -2.53. The van der Waals surface area contributed by atoms with Crippen LogP contribution in [-0.4, -0.2) is 77.5 Å². The van der Waals surface area contributed by atoms with E-state index in [0.717, 1.165) is 0 Å². The molecule has 2 atom stereocenters. The van der Waals surface area contributed by atoms with Gasteiger partial charge in [-0.2, -0.15) is 0 Å². The van der Waals surface area contributed by atoms with E-state index in [1.807, 2.05) is 0 Å². The van der Waals surface area contributed by atoms with Crippen LogP contribution in [-0.2, 0) is 11.3 Å². The summed E-state index contributed by atoms with van der Waals surface area (Å²) < 4.78 is 49.1. The van der Waals surface area contributed by atoms with Crippen LogP contribution in [0.25, 0.3) is 27.9 Å². The number of imidazole rings is 1. The Hall–Kier alpha value is -3.90. The molecule has 0 bridgehead atoms. The number of aromatic nitrogens is 6. The van der Waals surface area contributed by atoms with Crippen LogP contribution in [0.1, 0.15) is 26.6 Å². The Morgan fingerprint density at radius 3 is 2.73 bits per heavy atom. The monoisotopic (exact) mass is 516 g/mol. The summed E-state index contributed by atoms with van der Waals surface area (Å²) in [5.41, 5.74) is 2.13. The quantitative estimate of drug-likeness (QED) is 0.426. The number of likely N-dealkylation sites (tertiary alicyclic amines) is 1. The predicted molar refractivity (Wildman–Crippen MR) is 130 cm³/mol. The molecule has 5 heterocycles. The third kappa shape index (κ3) is 5.02. The van der Waals surface area contributed by atoms with Crippen LogP contribution in [0.3, 0.4) is 0 Å². The van der Waals surface area contributed by atoms with Crippen molar-refractivity contribution in [3.05, 3.63) is 36.4 Å². The lowest BCUT2D eigenvalue weighted by Crippen LogP contribution is -2.36. The van der Waals surface area contributed by atoms with Gasteiger partial charge in [0.05, 0.1) is 36.5 Å². The summed E-state index contributed by atoms with van der Waals surface area (Å²) in [6.45, 7) is 6.47.